The Morgan fingerprint density at radius 3 is 2.89 bits per heavy atom. The van der Waals surface area contributed by atoms with E-state index in [1.807, 2.05) is 5.38 Å². The van der Waals surface area contributed by atoms with Crippen molar-refractivity contribution in [3.05, 3.63) is 40.1 Å². The number of nitrogens with zero attached hydrogens (tertiary/aromatic N) is 1. The van der Waals surface area contributed by atoms with Crippen molar-refractivity contribution in [3.8, 4) is 5.75 Å². The van der Waals surface area contributed by atoms with Crippen LogP contribution in [0.5, 0.6) is 5.75 Å². The molecule has 3 nitrogen and oxygen atoms in total. The predicted octanol–water partition coefficient (Wildman–Crippen LogP) is 3.47. The summed E-state index contributed by atoms with van der Waals surface area (Å²) in [6, 6.07) is 4.82. The highest BCUT2D eigenvalue weighted by atomic mass is 32.1. The lowest BCUT2D eigenvalue weighted by atomic mass is 10.3. The number of thiazole rings is 1. The number of methoxy groups -OCH3 is 1. The Labute approximate surface area is 110 Å². The highest BCUT2D eigenvalue weighted by molar-refractivity contribution is 7.09. The Hall–Kier alpha value is -1.62. The summed E-state index contributed by atoms with van der Waals surface area (Å²) >= 11 is 1.65. The van der Waals surface area contributed by atoms with Gasteiger partial charge in [-0.05, 0) is 18.6 Å². The molecule has 0 bridgehead atoms. The molecule has 1 heterocycles. The van der Waals surface area contributed by atoms with E-state index in [9.17, 15) is 4.39 Å². The van der Waals surface area contributed by atoms with Crippen LogP contribution >= 0.6 is 11.3 Å². The molecule has 0 saturated heterocycles. The zero-order valence-corrected chi connectivity index (χ0v) is 11.2. The van der Waals surface area contributed by atoms with Crippen molar-refractivity contribution < 1.29 is 9.13 Å². The first-order valence-electron chi connectivity index (χ1n) is 5.73. The fraction of sp³-hybridized carbons (Fsp3) is 0.308. The number of rotatable bonds is 5. The molecule has 5 heteroatoms. The maximum Gasteiger partial charge on any atom is 0.167 e. The van der Waals surface area contributed by atoms with Gasteiger partial charge >= 0.3 is 0 Å². The Kier molecular flexibility index (Phi) is 4.15. The third-order valence-electron chi connectivity index (χ3n) is 2.53. The lowest BCUT2D eigenvalue weighted by molar-refractivity contribution is 0.386. The summed E-state index contributed by atoms with van der Waals surface area (Å²) in [5.41, 5.74) is 1.70. The van der Waals surface area contributed by atoms with E-state index in [2.05, 4.69) is 17.2 Å². The molecule has 0 saturated carbocycles. The molecule has 0 spiro atoms. The van der Waals surface area contributed by atoms with Gasteiger partial charge in [0.2, 0.25) is 0 Å². The molecule has 2 aromatic rings. The standard InChI is InChI=1S/C13H15FN2OS/c1-3-13-16-10(8-18-13)7-15-9-4-5-12(17-2)11(14)6-9/h4-6,8,15H,3,7H2,1-2H3. The van der Waals surface area contributed by atoms with E-state index in [1.54, 1.807) is 23.5 Å². The smallest absolute Gasteiger partial charge is 0.167 e. The molecular formula is C13H15FN2OS. The summed E-state index contributed by atoms with van der Waals surface area (Å²) in [5, 5.41) is 6.28. The number of hydrogen-bond donors (Lipinski definition) is 1. The summed E-state index contributed by atoms with van der Waals surface area (Å²) in [7, 11) is 1.45. The monoisotopic (exact) mass is 266 g/mol. The molecule has 0 aliphatic rings. The van der Waals surface area contributed by atoms with Crippen LogP contribution in [0.25, 0.3) is 0 Å². The van der Waals surface area contributed by atoms with Crippen molar-refractivity contribution in [2.24, 2.45) is 0 Å². The van der Waals surface area contributed by atoms with Gasteiger partial charge in [-0.15, -0.1) is 11.3 Å². The Morgan fingerprint density at radius 2 is 2.28 bits per heavy atom. The van der Waals surface area contributed by atoms with Gasteiger partial charge in [0, 0.05) is 17.1 Å². The van der Waals surface area contributed by atoms with Crippen LogP contribution in [0.1, 0.15) is 17.6 Å². The van der Waals surface area contributed by atoms with Crippen molar-refractivity contribution in [2.45, 2.75) is 19.9 Å². The van der Waals surface area contributed by atoms with Gasteiger partial charge in [-0.3, -0.25) is 0 Å². The third-order valence-corrected chi connectivity index (χ3v) is 3.57. The number of anilines is 1. The molecular weight excluding hydrogens is 251 g/mol. The van der Waals surface area contributed by atoms with E-state index in [0.717, 1.165) is 22.8 Å². The average molecular weight is 266 g/mol. The number of benzene rings is 1. The molecule has 96 valence electrons. The molecule has 1 aromatic carbocycles. The van der Waals surface area contributed by atoms with Crippen LogP contribution in [0.4, 0.5) is 10.1 Å². The number of halogens is 1. The van der Waals surface area contributed by atoms with Crippen LogP contribution in [-0.2, 0) is 13.0 Å². The van der Waals surface area contributed by atoms with Gasteiger partial charge in [0.25, 0.3) is 0 Å². The topological polar surface area (TPSA) is 34.2 Å². The van der Waals surface area contributed by atoms with Crippen LogP contribution < -0.4 is 10.1 Å². The number of nitrogens with one attached hydrogen (secondary N) is 1. The molecule has 0 fully saturated rings. The fourth-order valence-corrected chi connectivity index (χ4v) is 2.31. The minimum atomic E-state index is -0.366. The quantitative estimate of drug-likeness (QED) is 0.899. The zero-order chi connectivity index (χ0) is 13.0. The van der Waals surface area contributed by atoms with Crippen molar-refractivity contribution in [1.82, 2.24) is 4.98 Å². The van der Waals surface area contributed by atoms with Crippen molar-refractivity contribution in [3.63, 3.8) is 0 Å². The lowest BCUT2D eigenvalue weighted by Crippen LogP contribution is -2.00. The van der Waals surface area contributed by atoms with Crippen LogP contribution in [0.3, 0.4) is 0 Å². The molecule has 1 N–H and O–H groups in total. The summed E-state index contributed by atoms with van der Waals surface area (Å²) in [5.74, 6) is -0.113. The van der Waals surface area contributed by atoms with Crippen LogP contribution in [-0.4, -0.2) is 12.1 Å². The van der Waals surface area contributed by atoms with Crippen molar-refractivity contribution >= 4 is 17.0 Å². The molecule has 0 amide bonds. The number of aryl methyl sites for hydroxylation is 1. The van der Waals surface area contributed by atoms with E-state index in [4.69, 9.17) is 4.74 Å². The Bertz CT molecular complexity index is 527. The second-order valence-electron chi connectivity index (χ2n) is 3.79. The average Bonchev–Trinajstić information content (AvgIpc) is 2.84. The molecule has 2 rings (SSSR count). The van der Waals surface area contributed by atoms with E-state index in [-0.39, 0.29) is 11.6 Å². The Balaban J connectivity index is 1.99. The summed E-state index contributed by atoms with van der Waals surface area (Å²) in [6.45, 7) is 2.68. The van der Waals surface area contributed by atoms with E-state index >= 15 is 0 Å². The van der Waals surface area contributed by atoms with Gasteiger partial charge < -0.3 is 10.1 Å². The zero-order valence-electron chi connectivity index (χ0n) is 10.4. The first-order valence-corrected chi connectivity index (χ1v) is 6.61. The molecule has 18 heavy (non-hydrogen) atoms. The lowest BCUT2D eigenvalue weighted by Gasteiger charge is -2.06. The number of ether oxygens (including phenoxy) is 1. The first kappa shape index (κ1) is 12.8. The first-order chi connectivity index (χ1) is 8.72. The van der Waals surface area contributed by atoms with Gasteiger partial charge in [0.05, 0.1) is 24.4 Å². The molecule has 0 unspecified atom stereocenters. The number of hydrogen-bond acceptors (Lipinski definition) is 4. The fourth-order valence-electron chi connectivity index (χ4n) is 1.56. The molecule has 0 aliphatic carbocycles. The van der Waals surface area contributed by atoms with Gasteiger partial charge in [-0.25, -0.2) is 9.37 Å². The van der Waals surface area contributed by atoms with Gasteiger partial charge in [0.15, 0.2) is 11.6 Å². The van der Waals surface area contributed by atoms with E-state index in [1.165, 1.54) is 13.2 Å². The van der Waals surface area contributed by atoms with Crippen LogP contribution in [0, 0.1) is 5.82 Å². The minimum absolute atomic E-state index is 0.252. The largest absolute Gasteiger partial charge is 0.494 e. The van der Waals surface area contributed by atoms with Crippen molar-refractivity contribution in [1.29, 1.82) is 0 Å². The molecule has 0 atom stereocenters. The Morgan fingerprint density at radius 1 is 1.44 bits per heavy atom. The molecule has 1 aromatic heterocycles. The summed E-state index contributed by atoms with van der Waals surface area (Å²) in [4.78, 5) is 4.44. The van der Waals surface area contributed by atoms with E-state index in [0.29, 0.717) is 6.54 Å². The second-order valence-corrected chi connectivity index (χ2v) is 4.73. The van der Waals surface area contributed by atoms with Gasteiger partial charge in [-0.2, -0.15) is 0 Å². The van der Waals surface area contributed by atoms with E-state index < -0.39 is 0 Å². The van der Waals surface area contributed by atoms with Crippen LogP contribution in [0.2, 0.25) is 0 Å². The number of aromatic nitrogens is 1. The normalized spacial score (nSPS) is 10.4. The highest BCUT2D eigenvalue weighted by Gasteiger charge is 2.04. The molecule has 0 aliphatic heterocycles. The maximum atomic E-state index is 13.5. The second kappa shape index (κ2) is 5.82. The maximum absolute atomic E-state index is 13.5. The summed E-state index contributed by atoms with van der Waals surface area (Å²) < 4.78 is 18.3. The van der Waals surface area contributed by atoms with Gasteiger partial charge in [-0.1, -0.05) is 6.92 Å². The minimum Gasteiger partial charge on any atom is -0.494 e. The van der Waals surface area contributed by atoms with Crippen LogP contribution in [0.15, 0.2) is 23.6 Å². The molecule has 0 radical (unpaired) electrons. The van der Waals surface area contributed by atoms with Gasteiger partial charge in [0.1, 0.15) is 0 Å². The highest BCUT2D eigenvalue weighted by Crippen LogP contribution is 2.21. The predicted molar refractivity (Wildman–Crippen MR) is 71.8 cm³/mol. The summed E-state index contributed by atoms with van der Waals surface area (Å²) in [6.07, 6.45) is 0.946. The third kappa shape index (κ3) is 2.98. The van der Waals surface area contributed by atoms with Crippen molar-refractivity contribution in [2.75, 3.05) is 12.4 Å². The SMILES string of the molecule is CCc1nc(CNc2ccc(OC)c(F)c2)cs1.